The molecule has 0 aliphatic heterocycles. The minimum Gasteiger partial charge on any atom is -0.332 e. The first-order valence-corrected chi connectivity index (χ1v) is 7.27. The van der Waals surface area contributed by atoms with Gasteiger partial charge in [-0.05, 0) is 36.8 Å². The molecule has 5 heteroatoms. The Hall–Kier alpha value is -1.13. The summed E-state index contributed by atoms with van der Waals surface area (Å²) in [6.07, 6.45) is 4.82. The Morgan fingerprint density at radius 1 is 1.32 bits per heavy atom. The van der Waals surface area contributed by atoms with Gasteiger partial charge in [0.05, 0.1) is 0 Å². The number of rotatable bonds is 6. The van der Waals surface area contributed by atoms with Gasteiger partial charge in [-0.3, -0.25) is 4.79 Å². The maximum absolute atomic E-state index is 11.6. The zero-order valence-electron chi connectivity index (χ0n) is 11.0. The lowest BCUT2D eigenvalue weighted by Gasteiger charge is -2.09. The van der Waals surface area contributed by atoms with E-state index < -0.39 is 0 Å². The lowest BCUT2D eigenvalue weighted by atomic mass is 10.1. The van der Waals surface area contributed by atoms with Gasteiger partial charge in [0.2, 0.25) is 5.91 Å². The summed E-state index contributed by atoms with van der Waals surface area (Å²) in [6.45, 7) is 2.14. The third-order valence-electron chi connectivity index (χ3n) is 2.59. The molecule has 0 heterocycles. The summed E-state index contributed by atoms with van der Waals surface area (Å²) in [5.41, 5.74) is 0.767. The second-order valence-corrected chi connectivity index (χ2v) is 5.17. The minimum atomic E-state index is -0.0457. The smallest absolute Gasteiger partial charge is 0.226 e. The molecule has 0 saturated carbocycles. The van der Waals surface area contributed by atoms with Crippen molar-refractivity contribution in [3.8, 4) is 0 Å². The molecule has 1 rings (SSSR count). The average molecular weight is 299 g/mol. The van der Waals surface area contributed by atoms with E-state index in [4.69, 9.17) is 23.8 Å². The molecule has 2 N–H and O–H groups in total. The van der Waals surface area contributed by atoms with E-state index in [0.29, 0.717) is 16.6 Å². The number of carbonyl (C=O) groups excluding carboxylic acids is 1. The maximum atomic E-state index is 11.6. The molecule has 0 aromatic heterocycles. The molecule has 0 unspecified atom stereocenters. The van der Waals surface area contributed by atoms with Crippen LogP contribution in [0.5, 0.6) is 0 Å². The number of thiocarbonyl (C=S) groups is 1. The van der Waals surface area contributed by atoms with E-state index in [0.717, 1.165) is 24.9 Å². The molecule has 0 spiro atoms. The van der Waals surface area contributed by atoms with Gasteiger partial charge in [-0.15, -0.1) is 0 Å². The van der Waals surface area contributed by atoms with Crippen molar-refractivity contribution < 1.29 is 4.79 Å². The molecule has 0 fully saturated rings. The summed E-state index contributed by atoms with van der Waals surface area (Å²) in [6, 6.07) is 7.19. The number of carbonyl (C=O) groups is 1. The van der Waals surface area contributed by atoms with Crippen LogP contribution in [-0.4, -0.2) is 11.0 Å². The maximum Gasteiger partial charge on any atom is 0.226 e. The van der Waals surface area contributed by atoms with E-state index in [1.54, 1.807) is 12.1 Å². The van der Waals surface area contributed by atoms with Gasteiger partial charge < -0.3 is 10.6 Å². The Labute approximate surface area is 124 Å². The van der Waals surface area contributed by atoms with Gasteiger partial charge in [0.25, 0.3) is 0 Å². The highest BCUT2D eigenvalue weighted by Gasteiger charge is 2.04. The van der Waals surface area contributed by atoms with Crippen molar-refractivity contribution in [2.75, 3.05) is 5.32 Å². The highest BCUT2D eigenvalue weighted by molar-refractivity contribution is 7.80. The normalized spacial score (nSPS) is 10.0. The molecule has 0 aliphatic rings. The first-order valence-electron chi connectivity index (χ1n) is 6.48. The number of anilines is 1. The van der Waals surface area contributed by atoms with E-state index in [2.05, 4.69) is 17.6 Å². The van der Waals surface area contributed by atoms with Gasteiger partial charge in [0.15, 0.2) is 5.11 Å². The molecule has 19 heavy (non-hydrogen) atoms. The first-order chi connectivity index (χ1) is 9.11. The van der Waals surface area contributed by atoms with E-state index in [9.17, 15) is 4.79 Å². The number of halogens is 1. The van der Waals surface area contributed by atoms with Crippen molar-refractivity contribution in [3.63, 3.8) is 0 Å². The second kappa shape index (κ2) is 8.88. The average Bonchev–Trinajstić information content (AvgIpc) is 2.34. The van der Waals surface area contributed by atoms with Gasteiger partial charge in [0.1, 0.15) is 0 Å². The van der Waals surface area contributed by atoms with Crippen molar-refractivity contribution in [1.82, 2.24) is 5.32 Å². The largest absolute Gasteiger partial charge is 0.332 e. The Balaban J connectivity index is 2.29. The van der Waals surface area contributed by atoms with E-state index in [1.807, 2.05) is 12.1 Å². The minimum absolute atomic E-state index is 0.0457. The number of hydrogen-bond donors (Lipinski definition) is 2. The van der Waals surface area contributed by atoms with Crippen LogP contribution in [0.25, 0.3) is 0 Å². The summed E-state index contributed by atoms with van der Waals surface area (Å²) < 4.78 is 0. The molecule has 1 aromatic rings. The van der Waals surface area contributed by atoms with Crippen LogP contribution < -0.4 is 10.6 Å². The summed E-state index contributed by atoms with van der Waals surface area (Å²) in [4.78, 5) is 11.6. The molecule has 1 aromatic carbocycles. The molecule has 3 nitrogen and oxygen atoms in total. The highest BCUT2D eigenvalue weighted by atomic mass is 35.5. The van der Waals surface area contributed by atoms with Gasteiger partial charge in [-0.1, -0.05) is 43.9 Å². The highest BCUT2D eigenvalue weighted by Crippen LogP contribution is 2.14. The van der Waals surface area contributed by atoms with Crippen LogP contribution in [0.4, 0.5) is 5.69 Å². The fourth-order valence-corrected chi connectivity index (χ4v) is 2.05. The quantitative estimate of drug-likeness (QED) is 0.613. The van der Waals surface area contributed by atoms with Crippen LogP contribution >= 0.6 is 23.8 Å². The van der Waals surface area contributed by atoms with Crippen LogP contribution in [0.1, 0.15) is 39.0 Å². The summed E-state index contributed by atoms with van der Waals surface area (Å²) >= 11 is 10.9. The lowest BCUT2D eigenvalue weighted by molar-refractivity contribution is -0.119. The molecule has 0 saturated heterocycles. The van der Waals surface area contributed by atoms with E-state index in [-0.39, 0.29) is 5.91 Å². The predicted molar refractivity (Wildman–Crippen MR) is 84.6 cm³/mol. The van der Waals surface area contributed by atoms with Crippen molar-refractivity contribution >= 4 is 40.5 Å². The number of benzene rings is 1. The Bertz CT molecular complexity index is 437. The molecular weight excluding hydrogens is 280 g/mol. The van der Waals surface area contributed by atoms with Gasteiger partial charge in [0, 0.05) is 17.1 Å². The third-order valence-corrected chi connectivity index (χ3v) is 3.03. The fourth-order valence-electron chi connectivity index (χ4n) is 1.63. The molecule has 1 amide bonds. The Morgan fingerprint density at radius 2 is 2.11 bits per heavy atom. The van der Waals surface area contributed by atoms with Crippen molar-refractivity contribution in [1.29, 1.82) is 0 Å². The van der Waals surface area contributed by atoms with Crippen LogP contribution in [0, 0.1) is 0 Å². The molecule has 104 valence electrons. The Kier molecular flexibility index (Phi) is 7.45. The van der Waals surface area contributed by atoms with E-state index >= 15 is 0 Å². The molecular formula is C14H19ClN2OS. The van der Waals surface area contributed by atoms with Gasteiger partial charge >= 0.3 is 0 Å². The zero-order chi connectivity index (χ0) is 14.1. The van der Waals surface area contributed by atoms with Gasteiger partial charge in [-0.25, -0.2) is 0 Å². The number of amides is 1. The molecule has 0 bridgehead atoms. The molecule has 0 aliphatic carbocycles. The predicted octanol–water partition coefficient (Wildman–Crippen LogP) is 4.12. The SMILES string of the molecule is CCCCCCC(=O)NC(=S)Nc1cccc(Cl)c1. The van der Waals surface area contributed by atoms with Crippen molar-refractivity contribution in [2.45, 2.75) is 39.0 Å². The number of hydrogen-bond acceptors (Lipinski definition) is 2. The fraction of sp³-hybridized carbons (Fsp3) is 0.429. The molecule has 0 atom stereocenters. The summed E-state index contributed by atoms with van der Waals surface area (Å²) in [7, 11) is 0. The molecule has 0 radical (unpaired) electrons. The van der Waals surface area contributed by atoms with Crippen LogP contribution in [-0.2, 0) is 4.79 Å². The van der Waals surface area contributed by atoms with E-state index in [1.165, 1.54) is 6.42 Å². The lowest BCUT2D eigenvalue weighted by Crippen LogP contribution is -2.33. The Morgan fingerprint density at radius 3 is 2.79 bits per heavy atom. The summed E-state index contributed by atoms with van der Waals surface area (Å²) in [5, 5.41) is 6.53. The standard InChI is InChI=1S/C14H19ClN2OS/c1-2-3-4-5-9-13(18)17-14(19)16-12-8-6-7-11(15)10-12/h6-8,10H,2-5,9H2,1H3,(H2,16,17,18,19). The monoisotopic (exact) mass is 298 g/mol. The number of nitrogens with one attached hydrogen (secondary N) is 2. The zero-order valence-corrected chi connectivity index (χ0v) is 12.6. The van der Waals surface area contributed by atoms with Gasteiger partial charge in [-0.2, -0.15) is 0 Å². The second-order valence-electron chi connectivity index (χ2n) is 4.32. The van der Waals surface area contributed by atoms with Crippen LogP contribution in [0.15, 0.2) is 24.3 Å². The van der Waals surface area contributed by atoms with Crippen LogP contribution in [0.3, 0.4) is 0 Å². The number of unbranched alkanes of at least 4 members (excludes halogenated alkanes) is 3. The van der Waals surface area contributed by atoms with Crippen LogP contribution in [0.2, 0.25) is 5.02 Å². The third kappa shape index (κ3) is 7.13. The topological polar surface area (TPSA) is 41.1 Å². The van der Waals surface area contributed by atoms with Crippen molar-refractivity contribution in [3.05, 3.63) is 29.3 Å². The van der Waals surface area contributed by atoms with Crippen molar-refractivity contribution in [2.24, 2.45) is 0 Å². The first kappa shape index (κ1) is 15.9. The summed E-state index contributed by atoms with van der Waals surface area (Å²) in [5.74, 6) is -0.0457.